The highest BCUT2D eigenvalue weighted by Gasteiger charge is 2.96. The molecule has 1 spiro atoms. The summed E-state index contributed by atoms with van der Waals surface area (Å²) in [7, 11) is 0. The first-order valence-electron chi connectivity index (χ1n) is 11.6. The van der Waals surface area contributed by atoms with Crippen molar-refractivity contribution < 1.29 is 44.0 Å². The van der Waals surface area contributed by atoms with Gasteiger partial charge in [0.1, 0.15) is 35.3 Å². The van der Waals surface area contributed by atoms with Gasteiger partial charge in [-0.05, 0) is 12.3 Å². The Labute approximate surface area is 191 Å². The molecule has 9 nitrogen and oxygen atoms in total. The van der Waals surface area contributed by atoms with E-state index in [9.17, 15) is 34.5 Å². The van der Waals surface area contributed by atoms with E-state index in [2.05, 4.69) is 0 Å². The number of esters is 2. The van der Waals surface area contributed by atoms with Crippen LogP contribution in [0.5, 0.6) is 0 Å². The minimum absolute atomic E-state index is 0.0924. The van der Waals surface area contributed by atoms with Crippen LogP contribution < -0.4 is 0 Å². The van der Waals surface area contributed by atoms with Gasteiger partial charge in [0.25, 0.3) is 0 Å². The Balaban J connectivity index is 1.79. The van der Waals surface area contributed by atoms with Gasteiger partial charge in [-0.15, -0.1) is 0 Å². The lowest BCUT2D eigenvalue weighted by Gasteiger charge is -2.82. The second-order valence-corrected chi connectivity index (χ2v) is 11.8. The molecule has 5 rings (SSSR count). The fraction of sp³-hybridized carbons (Fsp3) is 0.833. The van der Waals surface area contributed by atoms with E-state index in [1.165, 1.54) is 13.8 Å². The van der Waals surface area contributed by atoms with Crippen LogP contribution >= 0.6 is 0 Å². The molecular weight excluding hydrogens is 432 g/mol. The summed E-state index contributed by atoms with van der Waals surface area (Å²) in [6.45, 7) is 9.18. The van der Waals surface area contributed by atoms with Crippen LogP contribution in [0, 0.1) is 39.9 Å². The van der Waals surface area contributed by atoms with Crippen LogP contribution in [0.25, 0.3) is 0 Å². The highest BCUT2D eigenvalue weighted by Crippen LogP contribution is 2.82. The summed E-state index contributed by atoms with van der Waals surface area (Å²) in [5.74, 6) is -5.53. The number of hydrogen-bond acceptors (Lipinski definition) is 9. The molecule has 0 amide bonds. The Morgan fingerprint density at radius 2 is 1.58 bits per heavy atom. The largest absolute Gasteiger partial charge is 0.459 e. The molecule has 0 heterocycles. The van der Waals surface area contributed by atoms with Gasteiger partial charge in [-0.1, -0.05) is 27.7 Å². The molecule has 0 bridgehead atoms. The number of aliphatic hydroxyl groups excluding tert-OH is 1. The molecule has 0 aromatic carbocycles. The Hall–Kier alpha value is -1.84. The zero-order valence-electron chi connectivity index (χ0n) is 19.7. The molecule has 0 aromatic rings. The Bertz CT molecular complexity index is 1000. The molecule has 5 aliphatic rings. The Morgan fingerprint density at radius 3 is 2.06 bits per heavy atom. The van der Waals surface area contributed by atoms with Crippen LogP contribution in [0.4, 0.5) is 0 Å². The molecule has 182 valence electrons. The maximum atomic E-state index is 14.0. The lowest BCUT2D eigenvalue weighted by Crippen LogP contribution is -2.97. The molecule has 9 heteroatoms. The van der Waals surface area contributed by atoms with Gasteiger partial charge in [-0.3, -0.25) is 19.2 Å². The predicted octanol–water partition coefficient (Wildman–Crippen LogP) is 0.163. The average Bonchev–Trinajstić information content (AvgIpc) is 3.36. The van der Waals surface area contributed by atoms with Gasteiger partial charge in [0.15, 0.2) is 5.78 Å². The second kappa shape index (κ2) is 6.04. The molecule has 0 radical (unpaired) electrons. The molecular formula is C24H32O9. The number of rotatable bonds is 2. The predicted molar refractivity (Wildman–Crippen MR) is 110 cm³/mol. The van der Waals surface area contributed by atoms with Crippen LogP contribution in [-0.4, -0.2) is 68.3 Å². The van der Waals surface area contributed by atoms with Crippen LogP contribution in [-0.2, 0) is 28.7 Å². The van der Waals surface area contributed by atoms with Crippen LogP contribution in [0.1, 0.15) is 54.4 Å². The van der Waals surface area contributed by atoms with Gasteiger partial charge in [0, 0.05) is 42.9 Å². The molecule has 5 aliphatic carbocycles. The van der Waals surface area contributed by atoms with Crippen LogP contribution in [0.3, 0.4) is 0 Å². The highest BCUT2D eigenvalue weighted by molar-refractivity contribution is 5.97. The maximum absolute atomic E-state index is 14.0. The number of hydrogen-bond donors (Lipinski definition) is 3. The van der Waals surface area contributed by atoms with E-state index in [1.54, 1.807) is 27.7 Å². The average molecular weight is 465 g/mol. The SMILES string of the molecule is CC(=O)O[C@@H]1[C@@H](O)[C@H]2C(=O)[C@]3(C[C@H]3C)[C@@H](OC(C)=O)[C@@]3(O)[C@H]4CC(=O)C(C)(C)[C@H]1[C@@]4(C)[C@@]23O. The first-order valence-corrected chi connectivity index (χ1v) is 11.6. The third-order valence-electron chi connectivity index (χ3n) is 10.2. The zero-order valence-corrected chi connectivity index (χ0v) is 19.7. The van der Waals surface area contributed by atoms with Crippen molar-refractivity contribution in [2.75, 3.05) is 0 Å². The van der Waals surface area contributed by atoms with Crippen molar-refractivity contribution >= 4 is 23.5 Å². The summed E-state index contributed by atoms with van der Waals surface area (Å²) in [6.07, 6.45) is -3.97. The third-order valence-corrected chi connectivity index (χ3v) is 10.2. The molecule has 5 saturated carbocycles. The zero-order chi connectivity index (χ0) is 24.7. The van der Waals surface area contributed by atoms with Crippen molar-refractivity contribution in [2.24, 2.45) is 39.9 Å². The van der Waals surface area contributed by atoms with E-state index in [1.807, 2.05) is 0 Å². The molecule has 33 heavy (non-hydrogen) atoms. The lowest BCUT2D eigenvalue weighted by atomic mass is 9.23. The van der Waals surface area contributed by atoms with Crippen LogP contribution in [0.15, 0.2) is 0 Å². The number of fused-ring (bicyclic) bond motifs is 1. The van der Waals surface area contributed by atoms with E-state index in [0.717, 1.165) is 0 Å². The number of aliphatic hydroxyl groups is 3. The summed E-state index contributed by atoms with van der Waals surface area (Å²) in [4.78, 5) is 51.4. The maximum Gasteiger partial charge on any atom is 0.303 e. The summed E-state index contributed by atoms with van der Waals surface area (Å²) in [6, 6.07) is 0. The molecule has 0 unspecified atom stereocenters. The summed E-state index contributed by atoms with van der Waals surface area (Å²) < 4.78 is 11.1. The third kappa shape index (κ3) is 2.08. The van der Waals surface area contributed by atoms with Crippen molar-refractivity contribution in [2.45, 2.75) is 83.9 Å². The van der Waals surface area contributed by atoms with E-state index in [4.69, 9.17) is 9.47 Å². The number of carbonyl (C=O) groups is 4. The lowest BCUT2D eigenvalue weighted by molar-refractivity contribution is -0.451. The van der Waals surface area contributed by atoms with E-state index < -0.39 is 81.2 Å². The van der Waals surface area contributed by atoms with Crippen molar-refractivity contribution in [3.8, 4) is 0 Å². The van der Waals surface area contributed by atoms with Gasteiger partial charge in [0.2, 0.25) is 0 Å². The second-order valence-electron chi connectivity index (χ2n) is 11.8. The van der Waals surface area contributed by atoms with Gasteiger partial charge < -0.3 is 24.8 Å². The summed E-state index contributed by atoms with van der Waals surface area (Å²) in [5, 5.41) is 36.0. The number of ketones is 2. The fourth-order valence-electron chi connectivity index (χ4n) is 8.89. The minimum Gasteiger partial charge on any atom is -0.459 e. The van der Waals surface area contributed by atoms with Crippen molar-refractivity contribution in [1.82, 2.24) is 0 Å². The smallest absolute Gasteiger partial charge is 0.303 e. The number of carbonyl (C=O) groups excluding carboxylic acids is 4. The molecule has 0 aliphatic heterocycles. The topological polar surface area (TPSA) is 147 Å². The van der Waals surface area contributed by atoms with Gasteiger partial charge in [-0.25, -0.2) is 0 Å². The number of Topliss-reactive ketones (excluding diaryl/α,β-unsaturated/α-hetero) is 2. The normalized spacial score (nSPS) is 55.4. The van der Waals surface area contributed by atoms with E-state index in [-0.39, 0.29) is 18.1 Å². The molecule has 3 N–H and O–H groups in total. The molecule has 0 saturated heterocycles. The standard InChI is InChI=1S/C24H32O9/c1-9-8-22(9)18(29)14-15(28)16(32-10(2)25)17-20(4,5)13(27)7-12-21(17,6)24(14,31)23(12,30)19(22)33-11(3)26/h9,12,14-17,19,28,30-31H,7-8H2,1-6H3/t9-,12+,14+,15+,16-,17+,19-,21+,22-,23+,24+/m1/s1. The molecule has 0 aromatic heterocycles. The van der Waals surface area contributed by atoms with Gasteiger partial charge >= 0.3 is 11.9 Å². The first-order chi connectivity index (χ1) is 15.1. The van der Waals surface area contributed by atoms with Crippen molar-refractivity contribution in [1.29, 1.82) is 0 Å². The van der Waals surface area contributed by atoms with Gasteiger partial charge in [-0.2, -0.15) is 0 Å². The van der Waals surface area contributed by atoms with Crippen molar-refractivity contribution in [3.63, 3.8) is 0 Å². The monoisotopic (exact) mass is 464 g/mol. The quantitative estimate of drug-likeness (QED) is 0.486. The highest BCUT2D eigenvalue weighted by atomic mass is 16.6. The number of ether oxygens (including phenoxy) is 2. The summed E-state index contributed by atoms with van der Waals surface area (Å²) in [5.41, 5.74) is -7.92. The van der Waals surface area contributed by atoms with E-state index in [0.29, 0.717) is 6.42 Å². The Kier molecular flexibility index (Phi) is 4.20. The molecule has 5 fully saturated rings. The van der Waals surface area contributed by atoms with Gasteiger partial charge in [0.05, 0.1) is 11.3 Å². The minimum atomic E-state index is -2.17. The Morgan fingerprint density at radius 1 is 1.03 bits per heavy atom. The van der Waals surface area contributed by atoms with Crippen LogP contribution in [0.2, 0.25) is 0 Å². The first kappa shape index (κ1) is 22.9. The fourth-order valence-corrected chi connectivity index (χ4v) is 8.89. The molecule has 11 atom stereocenters. The van der Waals surface area contributed by atoms with Crippen molar-refractivity contribution in [3.05, 3.63) is 0 Å². The van der Waals surface area contributed by atoms with E-state index >= 15 is 0 Å². The summed E-state index contributed by atoms with van der Waals surface area (Å²) >= 11 is 0.